The molecule has 0 aliphatic carbocycles. The number of hydrogen-bond acceptors (Lipinski definition) is 5. The maximum Gasteiger partial charge on any atom is 0.251 e. The summed E-state index contributed by atoms with van der Waals surface area (Å²) in [5.74, 6) is 2.51. The SMILES string of the molecule is COc1cc(OC)cc(C(=O)NC[C@H]2CCCN(Cc3cc4ccccc4o3)C2)c1. The van der Waals surface area contributed by atoms with Crippen LogP contribution in [0.25, 0.3) is 11.0 Å². The van der Waals surface area contributed by atoms with Crippen molar-refractivity contribution in [3.8, 4) is 11.5 Å². The fourth-order valence-corrected chi connectivity index (χ4v) is 4.07. The zero-order valence-electron chi connectivity index (χ0n) is 17.5. The molecule has 1 amide bonds. The number of furan rings is 1. The van der Waals surface area contributed by atoms with E-state index in [0.29, 0.717) is 29.5 Å². The summed E-state index contributed by atoms with van der Waals surface area (Å²) in [7, 11) is 3.16. The summed E-state index contributed by atoms with van der Waals surface area (Å²) in [4.78, 5) is 15.1. The van der Waals surface area contributed by atoms with Crippen LogP contribution in [-0.2, 0) is 6.54 Å². The summed E-state index contributed by atoms with van der Waals surface area (Å²) in [5, 5.41) is 4.22. The second kappa shape index (κ2) is 9.22. The van der Waals surface area contributed by atoms with Gasteiger partial charge in [-0.2, -0.15) is 0 Å². The molecule has 1 N–H and O–H groups in total. The second-order valence-corrected chi connectivity index (χ2v) is 7.81. The van der Waals surface area contributed by atoms with Crippen LogP contribution in [0, 0.1) is 5.92 Å². The first-order valence-corrected chi connectivity index (χ1v) is 10.4. The van der Waals surface area contributed by atoms with Gasteiger partial charge in [0.2, 0.25) is 0 Å². The fourth-order valence-electron chi connectivity index (χ4n) is 4.07. The van der Waals surface area contributed by atoms with Gasteiger partial charge >= 0.3 is 0 Å². The van der Waals surface area contributed by atoms with Gasteiger partial charge in [-0.1, -0.05) is 18.2 Å². The first-order chi connectivity index (χ1) is 14.6. The van der Waals surface area contributed by atoms with Gasteiger partial charge in [0.1, 0.15) is 22.8 Å². The molecule has 6 nitrogen and oxygen atoms in total. The number of carbonyl (C=O) groups excluding carboxylic acids is 1. The van der Waals surface area contributed by atoms with E-state index in [0.717, 1.165) is 49.2 Å². The summed E-state index contributed by atoms with van der Waals surface area (Å²) in [5.41, 5.74) is 1.48. The van der Waals surface area contributed by atoms with Crippen LogP contribution in [0.15, 0.2) is 52.9 Å². The maximum absolute atomic E-state index is 12.6. The average Bonchev–Trinajstić information content (AvgIpc) is 3.19. The lowest BCUT2D eigenvalue weighted by Gasteiger charge is -2.32. The number of piperidine rings is 1. The summed E-state index contributed by atoms with van der Waals surface area (Å²) >= 11 is 0. The number of rotatable bonds is 7. The predicted molar refractivity (Wildman–Crippen MR) is 116 cm³/mol. The summed E-state index contributed by atoms with van der Waals surface area (Å²) < 4.78 is 16.5. The van der Waals surface area contributed by atoms with Gasteiger partial charge < -0.3 is 19.2 Å². The first kappa shape index (κ1) is 20.3. The summed E-state index contributed by atoms with van der Waals surface area (Å²) in [6.07, 6.45) is 2.23. The van der Waals surface area contributed by atoms with Crippen molar-refractivity contribution >= 4 is 16.9 Å². The van der Waals surface area contributed by atoms with Crippen LogP contribution in [-0.4, -0.2) is 44.7 Å². The molecule has 1 atom stereocenters. The fraction of sp³-hybridized carbons (Fsp3) is 0.375. The van der Waals surface area contributed by atoms with E-state index in [2.05, 4.69) is 22.3 Å². The van der Waals surface area contributed by atoms with E-state index in [1.807, 2.05) is 18.2 Å². The highest BCUT2D eigenvalue weighted by atomic mass is 16.5. The lowest BCUT2D eigenvalue weighted by atomic mass is 9.97. The molecular formula is C24H28N2O4. The number of methoxy groups -OCH3 is 2. The van der Waals surface area contributed by atoms with Crippen molar-refractivity contribution in [3.63, 3.8) is 0 Å². The van der Waals surface area contributed by atoms with E-state index >= 15 is 0 Å². The van der Waals surface area contributed by atoms with Crippen LogP contribution in [0.3, 0.4) is 0 Å². The molecule has 1 aliphatic heterocycles. The van der Waals surface area contributed by atoms with E-state index in [1.165, 1.54) is 0 Å². The Morgan fingerprint density at radius 1 is 1.13 bits per heavy atom. The standard InChI is InChI=1S/C24H28N2O4/c1-28-20-11-19(12-21(13-20)29-2)24(27)25-14-17-6-5-9-26(15-17)16-22-10-18-7-3-4-8-23(18)30-22/h3-4,7-8,10-13,17H,5-6,9,14-16H2,1-2H3,(H,25,27)/t17-/m1/s1. The van der Waals surface area contributed by atoms with Crippen LogP contribution in [0.2, 0.25) is 0 Å². The topological polar surface area (TPSA) is 63.9 Å². The third-order valence-electron chi connectivity index (χ3n) is 5.62. The quantitative estimate of drug-likeness (QED) is 0.638. The number of hydrogen-bond donors (Lipinski definition) is 1. The van der Waals surface area contributed by atoms with Gasteiger partial charge in [-0.05, 0) is 49.6 Å². The molecule has 0 unspecified atom stereocenters. The second-order valence-electron chi connectivity index (χ2n) is 7.81. The Kier molecular flexibility index (Phi) is 6.23. The number of fused-ring (bicyclic) bond motifs is 1. The average molecular weight is 408 g/mol. The lowest BCUT2D eigenvalue weighted by molar-refractivity contribution is 0.0927. The van der Waals surface area contributed by atoms with Crippen molar-refractivity contribution in [1.29, 1.82) is 0 Å². The highest BCUT2D eigenvalue weighted by Crippen LogP contribution is 2.24. The Labute approximate surface area is 176 Å². The molecule has 1 aromatic heterocycles. The molecular weight excluding hydrogens is 380 g/mol. The Balaban J connectivity index is 1.33. The largest absolute Gasteiger partial charge is 0.497 e. The number of nitrogens with zero attached hydrogens (tertiary/aromatic N) is 1. The zero-order chi connectivity index (χ0) is 20.9. The monoisotopic (exact) mass is 408 g/mol. The molecule has 2 aromatic carbocycles. The highest BCUT2D eigenvalue weighted by Gasteiger charge is 2.22. The van der Waals surface area contributed by atoms with Gasteiger partial charge in [-0.3, -0.25) is 9.69 Å². The van der Waals surface area contributed by atoms with Crippen molar-refractivity contribution in [1.82, 2.24) is 10.2 Å². The minimum absolute atomic E-state index is 0.110. The number of amides is 1. The molecule has 158 valence electrons. The summed E-state index contributed by atoms with van der Waals surface area (Å²) in [6.45, 7) is 3.44. The molecule has 3 aromatic rings. The molecule has 1 fully saturated rings. The number of ether oxygens (including phenoxy) is 2. The minimum atomic E-state index is -0.110. The molecule has 1 saturated heterocycles. The number of nitrogens with one attached hydrogen (secondary N) is 1. The maximum atomic E-state index is 12.6. The van der Waals surface area contributed by atoms with Gasteiger partial charge in [-0.15, -0.1) is 0 Å². The zero-order valence-corrected chi connectivity index (χ0v) is 17.5. The van der Waals surface area contributed by atoms with Gasteiger partial charge in [0.15, 0.2) is 0 Å². The van der Waals surface area contributed by atoms with Crippen LogP contribution in [0.4, 0.5) is 0 Å². The van der Waals surface area contributed by atoms with Gasteiger partial charge in [-0.25, -0.2) is 0 Å². The van der Waals surface area contributed by atoms with Crippen molar-refractivity contribution in [3.05, 3.63) is 59.9 Å². The lowest BCUT2D eigenvalue weighted by Crippen LogP contribution is -2.40. The van der Waals surface area contributed by atoms with Crippen LogP contribution >= 0.6 is 0 Å². The van der Waals surface area contributed by atoms with E-state index < -0.39 is 0 Å². The molecule has 0 spiro atoms. The van der Waals surface area contributed by atoms with Gasteiger partial charge in [0.25, 0.3) is 5.91 Å². The first-order valence-electron chi connectivity index (χ1n) is 10.4. The van der Waals surface area contributed by atoms with Crippen molar-refractivity contribution < 1.29 is 18.7 Å². The van der Waals surface area contributed by atoms with E-state index in [4.69, 9.17) is 13.9 Å². The van der Waals surface area contributed by atoms with E-state index in [9.17, 15) is 4.79 Å². The third kappa shape index (κ3) is 4.76. The van der Waals surface area contributed by atoms with Crippen molar-refractivity contribution in [2.45, 2.75) is 19.4 Å². The van der Waals surface area contributed by atoms with Gasteiger partial charge in [0.05, 0.1) is 20.8 Å². The molecule has 2 heterocycles. The summed E-state index contributed by atoms with van der Waals surface area (Å²) in [6, 6.07) is 15.4. The number of para-hydroxylation sites is 1. The Morgan fingerprint density at radius 2 is 1.90 bits per heavy atom. The van der Waals surface area contributed by atoms with E-state index in [1.54, 1.807) is 32.4 Å². The number of carbonyl (C=O) groups is 1. The van der Waals surface area contributed by atoms with Crippen LogP contribution in [0.1, 0.15) is 29.0 Å². The predicted octanol–water partition coefficient (Wildman–Crippen LogP) is 4.09. The van der Waals surface area contributed by atoms with E-state index in [-0.39, 0.29) is 5.91 Å². The van der Waals surface area contributed by atoms with Gasteiger partial charge in [0, 0.05) is 30.1 Å². The Morgan fingerprint density at radius 3 is 2.63 bits per heavy atom. The van der Waals surface area contributed by atoms with Crippen LogP contribution in [0.5, 0.6) is 11.5 Å². The number of benzene rings is 2. The van der Waals surface area contributed by atoms with Crippen LogP contribution < -0.4 is 14.8 Å². The van der Waals surface area contributed by atoms with Crippen molar-refractivity contribution in [2.75, 3.05) is 33.9 Å². The molecule has 4 rings (SSSR count). The molecule has 0 saturated carbocycles. The molecule has 30 heavy (non-hydrogen) atoms. The van der Waals surface area contributed by atoms with Crippen molar-refractivity contribution in [2.24, 2.45) is 5.92 Å². The highest BCUT2D eigenvalue weighted by molar-refractivity contribution is 5.95. The molecule has 1 aliphatic rings. The Hall–Kier alpha value is -2.99. The number of likely N-dealkylation sites (tertiary alicyclic amines) is 1. The normalized spacial score (nSPS) is 17.1. The Bertz CT molecular complexity index is 958. The third-order valence-corrected chi connectivity index (χ3v) is 5.62. The minimum Gasteiger partial charge on any atom is -0.497 e. The molecule has 0 radical (unpaired) electrons. The molecule has 0 bridgehead atoms. The molecule has 6 heteroatoms. The smallest absolute Gasteiger partial charge is 0.251 e.